The number of hydrogen-bond acceptors (Lipinski definition) is 2. The lowest BCUT2D eigenvalue weighted by atomic mass is 9.87. The number of amides is 1. The first-order valence-electron chi connectivity index (χ1n) is 7.41. The van der Waals surface area contributed by atoms with Gasteiger partial charge < -0.3 is 5.32 Å². The third-order valence-corrected chi connectivity index (χ3v) is 5.15. The minimum atomic E-state index is -0.0948. The maximum absolute atomic E-state index is 12.6. The average molecular weight is 332 g/mol. The molecule has 2 aromatic carbocycles. The van der Waals surface area contributed by atoms with Gasteiger partial charge in [-0.1, -0.05) is 35.9 Å². The Bertz CT molecular complexity index is 701. The molecule has 0 heterocycles. The summed E-state index contributed by atoms with van der Waals surface area (Å²) in [5, 5.41) is 3.65. The Morgan fingerprint density at radius 1 is 1.27 bits per heavy atom. The maximum atomic E-state index is 12.6. The summed E-state index contributed by atoms with van der Waals surface area (Å²) in [6.45, 7) is 0. The van der Waals surface area contributed by atoms with Gasteiger partial charge in [0.15, 0.2) is 0 Å². The molecule has 114 valence electrons. The fraction of sp³-hybridized carbons (Fsp3) is 0.278. The molecule has 0 spiro atoms. The predicted molar refractivity (Wildman–Crippen MR) is 92.8 cm³/mol. The monoisotopic (exact) mass is 331 g/mol. The molecule has 0 aromatic heterocycles. The van der Waals surface area contributed by atoms with Crippen LogP contribution in [0.25, 0.3) is 0 Å². The molecule has 1 aliphatic rings. The molecule has 4 heteroatoms. The van der Waals surface area contributed by atoms with Gasteiger partial charge in [-0.15, -0.1) is 11.8 Å². The number of fused-ring (bicyclic) bond motifs is 1. The van der Waals surface area contributed by atoms with Gasteiger partial charge in [-0.25, -0.2) is 0 Å². The third kappa shape index (κ3) is 3.16. The quantitative estimate of drug-likeness (QED) is 0.813. The van der Waals surface area contributed by atoms with Gasteiger partial charge in [0.1, 0.15) is 0 Å². The van der Waals surface area contributed by atoms with Gasteiger partial charge in [0.25, 0.3) is 5.91 Å². The van der Waals surface area contributed by atoms with E-state index in [1.165, 1.54) is 11.1 Å². The van der Waals surface area contributed by atoms with Crippen LogP contribution in [0, 0.1) is 0 Å². The number of thioether (sulfide) groups is 1. The minimum absolute atomic E-state index is 0.0754. The van der Waals surface area contributed by atoms with Crippen molar-refractivity contribution in [1.82, 2.24) is 5.32 Å². The van der Waals surface area contributed by atoms with Crippen LogP contribution in [0.15, 0.2) is 47.4 Å². The highest BCUT2D eigenvalue weighted by Crippen LogP contribution is 2.30. The Kier molecular flexibility index (Phi) is 4.74. The Morgan fingerprint density at radius 2 is 2.09 bits per heavy atom. The van der Waals surface area contributed by atoms with Crippen molar-refractivity contribution in [2.24, 2.45) is 0 Å². The van der Waals surface area contributed by atoms with Gasteiger partial charge in [0.2, 0.25) is 0 Å². The van der Waals surface area contributed by atoms with Crippen LogP contribution in [0.2, 0.25) is 5.02 Å². The van der Waals surface area contributed by atoms with Crippen LogP contribution in [0.1, 0.15) is 40.4 Å². The summed E-state index contributed by atoms with van der Waals surface area (Å²) in [7, 11) is 0. The van der Waals surface area contributed by atoms with Crippen molar-refractivity contribution in [1.29, 1.82) is 0 Å². The molecule has 0 saturated carbocycles. The summed E-state index contributed by atoms with van der Waals surface area (Å²) in [4.78, 5) is 13.6. The summed E-state index contributed by atoms with van der Waals surface area (Å²) in [6.07, 6.45) is 5.15. The molecule has 0 bridgehead atoms. The first-order valence-corrected chi connectivity index (χ1v) is 9.01. The minimum Gasteiger partial charge on any atom is -0.345 e. The van der Waals surface area contributed by atoms with Gasteiger partial charge in [-0.05, 0) is 54.8 Å². The van der Waals surface area contributed by atoms with Gasteiger partial charge >= 0.3 is 0 Å². The number of halogens is 1. The average Bonchev–Trinajstić information content (AvgIpc) is 2.55. The number of nitrogens with one attached hydrogen (secondary N) is 1. The Labute approximate surface area is 140 Å². The lowest BCUT2D eigenvalue weighted by Crippen LogP contribution is -2.31. The van der Waals surface area contributed by atoms with Gasteiger partial charge in [-0.3, -0.25) is 4.79 Å². The van der Waals surface area contributed by atoms with Crippen LogP contribution >= 0.6 is 23.4 Å². The molecule has 0 saturated heterocycles. The maximum Gasteiger partial charge on any atom is 0.253 e. The molecule has 0 aliphatic heterocycles. The fourth-order valence-corrected chi connectivity index (χ4v) is 3.59. The number of rotatable bonds is 3. The van der Waals surface area contributed by atoms with E-state index in [2.05, 4.69) is 23.5 Å². The number of aryl methyl sites for hydroxylation is 1. The van der Waals surface area contributed by atoms with Gasteiger partial charge in [-0.2, -0.15) is 0 Å². The van der Waals surface area contributed by atoms with E-state index in [0.717, 1.165) is 24.2 Å². The molecule has 2 nitrogen and oxygen atoms in total. The molecular weight excluding hydrogens is 314 g/mol. The standard InChI is InChI=1S/C18H18ClNOS/c1-22-13-9-10-16(19)15(11-13)18(21)20-17-8-4-6-12-5-2-3-7-14(12)17/h2-3,5,7,9-11,17H,4,6,8H2,1H3,(H,20,21)/t17-/m1/s1. The number of carbonyl (C=O) groups excluding carboxylic acids is 1. The summed E-state index contributed by atoms with van der Waals surface area (Å²) in [5.74, 6) is -0.0948. The van der Waals surface area contributed by atoms with Crippen LogP contribution in [0.4, 0.5) is 0 Å². The van der Waals surface area contributed by atoms with Crippen molar-refractivity contribution in [3.05, 3.63) is 64.2 Å². The molecular formula is C18H18ClNOS. The van der Waals surface area contributed by atoms with Crippen LogP contribution in [0.3, 0.4) is 0 Å². The van der Waals surface area contributed by atoms with E-state index in [1.54, 1.807) is 17.8 Å². The zero-order valence-electron chi connectivity index (χ0n) is 12.4. The molecule has 1 atom stereocenters. The highest BCUT2D eigenvalue weighted by atomic mass is 35.5. The first kappa shape index (κ1) is 15.4. The molecule has 22 heavy (non-hydrogen) atoms. The fourth-order valence-electron chi connectivity index (χ4n) is 2.95. The van der Waals surface area contributed by atoms with Crippen LogP contribution in [-0.4, -0.2) is 12.2 Å². The van der Waals surface area contributed by atoms with Gasteiger partial charge in [0.05, 0.1) is 16.6 Å². The molecule has 1 amide bonds. The Hall–Kier alpha value is -1.45. The van der Waals surface area contributed by atoms with Crippen molar-refractivity contribution in [3.8, 4) is 0 Å². The molecule has 3 rings (SSSR count). The van der Waals surface area contributed by atoms with E-state index >= 15 is 0 Å². The van der Waals surface area contributed by atoms with E-state index in [9.17, 15) is 4.79 Å². The lowest BCUT2D eigenvalue weighted by molar-refractivity contribution is 0.0932. The summed E-state index contributed by atoms with van der Waals surface area (Å²) >= 11 is 7.80. The SMILES string of the molecule is CSc1ccc(Cl)c(C(=O)N[C@@H]2CCCc3ccccc32)c1. The Balaban J connectivity index is 1.84. The lowest BCUT2D eigenvalue weighted by Gasteiger charge is -2.26. The van der Waals surface area contributed by atoms with Crippen LogP contribution in [0.5, 0.6) is 0 Å². The zero-order valence-corrected chi connectivity index (χ0v) is 14.0. The first-order chi connectivity index (χ1) is 10.7. The highest BCUT2D eigenvalue weighted by Gasteiger charge is 2.22. The molecule has 0 unspecified atom stereocenters. The number of hydrogen-bond donors (Lipinski definition) is 1. The van der Waals surface area contributed by atoms with E-state index in [4.69, 9.17) is 11.6 Å². The van der Waals surface area contributed by atoms with E-state index in [0.29, 0.717) is 10.6 Å². The summed E-state index contributed by atoms with van der Waals surface area (Å²) < 4.78 is 0. The second kappa shape index (κ2) is 6.76. The summed E-state index contributed by atoms with van der Waals surface area (Å²) in [6, 6.07) is 14.0. The molecule has 1 N–H and O–H groups in total. The highest BCUT2D eigenvalue weighted by molar-refractivity contribution is 7.98. The van der Waals surface area contributed by atoms with E-state index in [-0.39, 0.29) is 11.9 Å². The smallest absolute Gasteiger partial charge is 0.253 e. The molecule has 0 radical (unpaired) electrons. The Morgan fingerprint density at radius 3 is 2.91 bits per heavy atom. The van der Waals surface area contributed by atoms with Crippen molar-refractivity contribution in [3.63, 3.8) is 0 Å². The molecule has 2 aromatic rings. The molecule has 0 fully saturated rings. The van der Waals surface area contributed by atoms with Crippen LogP contribution < -0.4 is 5.32 Å². The third-order valence-electron chi connectivity index (χ3n) is 4.09. The van der Waals surface area contributed by atoms with E-state index in [1.807, 2.05) is 24.5 Å². The number of benzene rings is 2. The second-order valence-corrected chi connectivity index (χ2v) is 6.75. The largest absolute Gasteiger partial charge is 0.345 e. The van der Waals surface area contributed by atoms with Crippen LogP contribution in [-0.2, 0) is 6.42 Å². The normalized spacial score (nSPS) is 16.9. The topological polar surface area (TPSA) is 29.1 Å². The molecule has 1 aliphatic carbocycles. The van der Waals surface area contributed by atoms with Crippen molar-refractivity contribution >= 4 is 29.3 Å². The van der Waals surface area contributed by atoms with Gasteiger partial charge in [0, 0.05) is 4.90 Å². The second-order valence-electron chi connectivity index (χ2n) is 5.46. The van der Waals surface area contributed by atoms with Crippen molar-refractivity contribution < 1.29 is 4.79 Å². The van der Waals surface area contributed by atoms with Crippen molar-refractivity contribution in [2.75, 3.05) is 6.26 Å². The van der Waals surface area contributed by atoms with E-state index < -0.39 is 0 Å². The zero-order chi connectivity index (χ0) is 15.5. The van der Waals surface area contributed by atoms with Crippen molar-refractivity contribution in [2.45, 2.75) is 30.2 Å². The number of carbonyl (C=O) groups is 1. The summed E-state index contributed by atoms with van der Waals surface area (Å²) in [5.41, 5.74) is 3.12. The predicted octanol–water partition coefficient (Wildman–Crippen LogP) is 4.87.